The van der Waals surface area contributed by atoms with Crippen LogP contribution in [0.3, 0.4) is 0 Å². The third-order valence-electron chi connectivity index (χ3n) is 4.85. The zero-order valence-electron chi connectivity index (χ0n) is 15.1. The fraction of sp³-hybridized carbons (Fsp3) is 0.474. The fourth-order valence-electron chi connectivity index (χ4n) is 3.56. The van der Waals surface area contributed by atoms with Gasteiger partial charge in [-0.3, -0.25) is 14.7 Å². The molecule has 1 fully saturated rings. The van der Waals surface area contributed by atoms with Crippen LogP contribution < -0.4 is 5.56 Å². The van der Waals surface area contributed by atoms with Gasteiger partial charge in [-0.15, -0.1) is 0 Å². The molecule has 6 heteroatoms. The van der Waals surface area contributed by atoms with Gasteiger partial charge in [0.1, 0.15) is 0 Å². The summed E-state index contributed by atoms with van der Waals surface area (Å²) in [6.45, 7) is 3.47. The molecule has 1 aliphatic heterocycles. The largest absolute Gasteiger partial charge is 0.335 e. The lowest BCUT2D eigenvalue weighted by Crippen LogP contribution is -2.33. The predicted molar refractivity (Wildman–Crippen MR) is 97.4 cm³/mol. The summed E-state index contributed by atoms with van der Waals surface area (Å²) in [6.07, 6.45) is 2.12. The number of likely N-dealkylation sites (tertiary alicyclic amines) is 1. The van der Waals surface area contributed by atoms with Crippen molar-refractivity contribution in [1.82, 2.24) is 20.0 Å². The van der Waals surface area contributed by atoms with Gasteiger partial charge in [-0.1, -0.05) is 24.3 Å². The number of benzene rings is 1. The van der Waals surface area contributed by atoms with Gasteiger partial charge in [0.2, 0.25) is 5.91 Å². The van der Waals surface area contributed by atoms with E-state index in [0.29, 0.717) is 5.56 Å². The molecule has 1 aliphatic rings. The molecule has 1 aromatic heterocycles. The van der Waals surface area contributed by atoms with Crippen LogP contribution in [-0.4, -0.2) is 46.5 Å². The van der Waals surface area contributed by atoms with Crippen molar-refractivity contribution in [3.63, 3.8) is 0 Å². The lowest BCUT2D eigenvalue weighted by Gasteiger charge is -2.25. The van der Waals surface area contributed by atoms with Crippen LogP contribution in [0.25, 0.3) is 0 Å². The van der Waals surface area contributed by atoms with E-state index in [1.165, 1.54) is 11.1 Å². The molecule has 0 aliphatic carbocycles. The van der Waals surface area contributed by atoms with Gasteiger partial charge in [0.15, 0.2) is 0 Å². The topological polar surface area (TPSA) is 72.2 Å². The predicted octanol–water partition coefficient (Wildman–Crippen LogP) is 1.98. The monoisotopic (exact) mass is 342 g/mol. The molecule has 2 N–H and O–H groups in total. The van der Waals surface area contributed by atoms with E-state index in [1.807, 2.05) is 11.8 Å². The highest BCUT2D eigenvalue weighted by Crippen LogP contribution is 2.32. The van der Waals surface area contributed by atoms with Crippen molar-refractivity contribution < 1.29 is 4.79 Å². The molecule has 0 bridgehead atoms. The Kier molecular flexibility index (Phi) is 5.08. The Hall–Kier alpha value is -2.34. The molecule has 25 heavy (non-hydrogen) atoms. The van der Waals surface area contributed by atoms with Gasteiger partial charge in [-0.25, -0.2) is 0 Å². The average molecular weight is 342 g/mol. The van der Waals surface area contributed by atoms with Crippen LogP contribution in [-0.2, 0) is 17.8 Å². The van der Waals surface area contributed by atoms with Crippen LogP contribution in [0.15, 0.2) is 29.1 Å². The minimum absolute atomic E-state index is 0.0214. The first-order valence-corrected chi connectivity index (χ1v) is 8.75. The number of aromatic nitrogens is 2. The van der Waals surface area contributed by atoms with E-state index in [0.717, 1.165) is 31.6 Å². The summed E-state index contributed by atoms with van der Waals surface area (Å²) in [5.41, 5.74) is 3.51. The fourth-order valence-corrected chi connectivity index (χ4v) is 3.56. The number of rotatable bonds is 5. The van der Waals surface area contributed by atoms with Crippen molar-refractivity contribution in [3.05, 3.63) is 57.0 Å². The number of carbonyl (C=O) groups is 1. The molecule has 1 atom stereocenters. The normalized spacial score (nSPS) is 17.4. The number of aromatic amines is 2. The standard InChI is InChI=1S/C19H26N4O2/c1-13-16(19(25)21-20-13)11-18(24)23-10-4-5-17(23)15-8-6-14(7-9-15)12-22(2)3/h6-9,17H,4-5,10-12H2,1-3H3,(H2,20,21,25)/t17-/m1/s1. The second-order valence-electron chi connectivity index (χ2n) is 7.08. The van der Waals surface area contributed by atoms with Crippen LogP contribution >= 0.6 is 0 Å². The van der Waals surface area contributed by atoms with Crippen molar-refractivity contribution in [2.24, 2.45) is 0 Å². The van der Waals surface area contributed by atoms with E-state index < -0.39 is 0 Å². The molecule has 1 amide bonds. The minimum Gasteiger partial charge on any atom is -0.335 e. The highest BCUT2D eigenvalue weighted by molar-refractivity contribution is 5.79. The average Bonchev–Trinajstić information content (AvgIpc) is 3.17. The van der Waals surface area contributed by atoms with E-state index >= 15 is 0 Å². The number of nitrogens with one attached hydrogen (secondary N) is 2. The number of amides is 1. The number of nitrogens with zero attached hydrogens (tertiary/aromatic N) is 2. The zero-order valence-corrected chi connectivity index (χ0v) is 15.1. The number of hydrogen-bond donors (Lipinski definition) is 2. The second kappa shape index (κ2) is 7.27. The molecule has 6 nitrogen and oxygen atoms in total. The van der Waals surface area contributed by atoms with E-state index in [4.69, 9.17) is 0 Å². The van der Waals surface area contributed by atoms with Crippen LogP contribution in [0.5, 0.6) is 0 Å². The Labute approximate surface area is 147 Å². The number of carbonyl (C=O) groups excluding carboxylic acids is 1. The molecule has 2 heterocycles. The lowest BCUT2D eigenvalue weighted by atomic mass is 10.0. The maximum Gasteiger partial charge on any atom is 0.267 e. The Bertz CT molecular complexity index is 789. The third-order valence-corrected chi connectivity index (χ3v) is 4.85. The smallest absolute Gasteiger partial charge is 0.267 e. The van der Waals surface area contributed by atoms with Crippen LogP contribution in [0.1, 0.15) is 41.3 Å². The van der Waals surface area contributed by atoms with Crippen molar-refractivity contribution in [3.8, 4) is 0 Å². The van der Waals surface area contributed by atoms with Gasteiger partial charge >= 0.3 is 0 Å². The summed E-state index contributed by atoms with van der Waals surface area (Å²) in [6, 6.07) is 8.64. The Morgan fingerprint density at radius 1 is 1.24 bits per heavy atom. The summed E-state index contributed by atoms with van der Waals surface area (Å²) in [5, 5.41) is 5.33. The summed E-state index contributed by atoms with van der Waals surface area (Å²) in [4.78, 5) is 28.6. The summed E-state index contributed by atoms with van der Waals surface area (Å²) in [7, 11) is 4.10. The minimum atomic E-state index is -0.199. The quantitative estimate of drug-likeness (QED) is 0.873. The van der Waals surface area contributed by atoms with Crippen LogP contribution in [0.2, 0.25) is 0 Å². The van der Waals surface area contributed by atoms with Crippen molar-refractivity contribution in [1.29, 1.82) is 0 Å². The third kappa shape index (κ3) is 3.85. The zero-order chi connectivity index (χ0) is 18.0. The van der Waals surface area contributed by atoms with E-state index in [-0.39, 0.29) is 23.9 Å². The molecule has 1 saturated heterocycles. The number of aryl methyl sites for hydroxylation is 1. The van der Waals surface area contributed by atoms with E-state index in [9.17, 15) is 9.59 Å². The first-order chi connectivity index (χ1) is 12.0. The van der Waals surface area contributed by atoms with Crippen LogP contribution in [0, 0.1) is 6.92 Å². The van der Waals surface area contributed by atoms with Gasteiger partial charge in [-0.2, -0.15) is 0 Å². The Balaban J connectivity index is 1.73. The molecule has 2 aromatic rings. The lowest BCUT2D eigenvalue weighted by molar-refractivity contribution is -0.131. The highest BCUT2D eigenvalue weighted by atomic mass is 16.2. The molecule has 1 aromatic carbocycles. The van der Waals surface area contributed by atoms with Gasteiger partial charge < -0.3 is 14.9 Å². The summed E-state index contributed by atoms with van der Waals surface area (Å²) >= 11 is 0. The Morgan fingerprint density at radius 3 is 2.56 bits per heavy atom. The first-order valence-electron chi connectivity index (χ1n) is 8.75. The summed E-state index contributed by atoms with van der Waals surface area (Å²) in [5.74, 6) is 0.0214. The second-order valence-corrected chi connectivity index (χ2v) is 7.08. The SMILES string of the molecule is Cc1[nH][nH]c(=O)c1CC(=O)N1CCC[C@@H]1c1ccc(CN(C)C)cc1. The van der Waals surface area contributed by atoms with E-state index in [2.05, 4.69) is 53.5 Å². The summed E-state index contributed by atoms with van der Waals surface area (Å²) < 4.78 is 0. The molecular weight excluding hydrogens is 316 g/mol. The molecule has 0 radical (unpaired) electrons. The first kappa shape index (κ1) is 17.5. The van der Waals surface area contributed by atoms with Crippen molar-refractivity contribution in [2.45, 2.75) is 38.8 Å². The van der Waals surface area contributed by atoms with Gasteiger partial charge in [0, 0.05) is 24.3 Å². The number of H-pyrrole nitrogens is 2. The number of hydrogen-bond acceptors (Lipinski definition) is 3. The molecule has 3 rings (SSSR count). The maximum absolute atomic E-state index is 12.8. The van der Waals surface area contributed by atoms with Crippen molar-refractivity contribution in [2.75, 3.05) is 20.6 Å². The van der Waals surface area contributed by atoms with E-state index in [1.54, 1.807) is 0 Å². The maximum atomic E-state index is 12.8. The van der Waals surface area contributed by atoms with Crippen molar-refractivity contribution >= 4 is 5.91 Å². The molecule has 0 unspecified atom stereocenters. The highest BCUT2D eigenvalue weighted by Gasteiger charge is 2.30. The molecule has 0 saturated carbocycles. The Morgan fingerprint density at radius 2 is 1.96 bits per heavy atom. The van der Waals surface area contributed by atoms with Gasteiger partial charge in [0.25, 0.3) is 5.56 Å². The van der Waals surface area contributed by atoms with Gasteiger partial charge in [-0.05, 0) is 45.0 Å². The molecular formula is C19H26N4O2. The molecule has 134 valence electrons. The molecule has 0 spiro atoms. The van der Waals surface area contributed by atoms with Crippen LogP contribution in [0.4, 0.5) is 0 Å². The van der Waals surface area contributed by atoms with Gasteiger partial charge in [0.05, 0.1) is 12.5 Å².